The topological polar surface area (TPSA) is 133 Å². The summed E-state index contributed by atoms with van der Waals surface area (Å²) in [4.78, 5) is 37.4. The van der Waals surface area contributed by atoms with Gasteiger partial charge in [0.1, 0.15) is 24.7 Å². The first kappa shape index (κ1) is 68.0. The summed E-state index contributed by atoms with van der Waals surface area (Å²) >= 11 is 0. The fourth-order valence-electron chi connectivity index (χ4n) is 15.9. The summed E-state index contributed by atoms with van der Waals surface area (Å²) in [5, 5.41) is 0. The van der Waals surface area contributed by atoms with Crippen LogP contribution in [0, 0.1) is 0 Å². The molecule has 10 heteroatoms. The molecule has 10 aromatic carbocycles. The van der Waals surface area contributed by atoms with E-state index >= 15 is 0 Å². The van der Waals surface area contributed by atoms with Crippen LogP contribution in [0.4, 0.5) is 0 Å². The van der Waals surface area contributed by atoms with Gasteiger partial charge in [0.2, 0.25) is 0 Å². The van der Waals surface area contributed by atoms with Gasteiger partial charge in [-0.05, 0) is 188 Å². The maximum atomic E-state index is 6.50. The summed E-state index contributed by atoms with van der Waals surface area (Å²) in [5.74, 6) is 1.53. The molecule has 540 valence electrons. The molecular weight excluding hydrogens is 1390 g/mol. The van der Waals surface area contributed by atoms with E-state index in [1.807, 2.05) is 0 Å². The van der Waals surface area contributed by atoms with Gasteiger partial charge in [-0.1, -0.05) is 267 Å². The molecule has 4 aliphatic heterocycles. The maximum Gasteiger partial charge on any atom is 0.119 e. The van der Waals surface area contributed by atoms with Crippen molar-refractivity contribution in [1.29, 1.82) is 0 Å². The second-order valence-electron chi connectivity index (χ2n) is 28.6. The molecule has 114 heavy (non-hydrogen) atoms. The minimum atomic E-state index is 0.410. The van der Waals surface area contributed by atoms with Crippen molar-refractivity contribution in [3.05, 3.63) is 395 Å². The van der Waals surface area contributed by atoms with Crippen LogP contribution in [0.5, 0.6) is 11.5 Å². The van der Waals surface area contributed by atoms with Gasteiger partial charge in [0.05, 0.1) is 45.6 Å². The zero-order valence-corrected chi connectivity index (χ0v) is 62.0. The number of H-pyrrole nitrogens is 4. The molecular formula is C104H72N8O2. The predicted octanol–water partition coefficient (Wildman–Crippen LogP) is 26.3. The molecule has 0 unspecified atom stereocenters. The molecule has 0 saturated heterocycles. The standard InChI is InChI=1S/C104H72N8O2/c1-7-19-71(20-8-1)97-81-49-53-85(105-81)99(73-23-11-3-12-24-73)89-57-61-93(109-89)103(94-62-58-90(110-94)100(74-25-13-4-14-26-74)86-54-50-82(97)106-86)77-41-45-79(46-42-77)113-65-69-37-33-67(34-38-69)31-32-68-35-39-70(40-36-68)66-114-80-47-43-78(44-48-80)104-95-63-59-91(111-95)101(75-27-15-5-16-28-75)87-55-51-83(107-87)98(72-21-9-2-10-22-72)84-52-56-88(108-84)102(76-29-17-6-18-30-76)92-60-64-96(104)112-92/h1-64,105,107,110,112H,65-66H2/b32-31+,97-81?,97-82?,98-83?,98-84?,99-85?,99-89?,100-86?,100-90?,101-87?,101-91?,102-88?,102-92?,103-93?,103-94?,104-95?,104-96?. The van der Waals surface area contributed by atoms with Gasteiger partial charge in [-0.15, -0.1) is 0 Å². The van der Waals surface area contributed by atoms with Gasteiger partial charge >= 0.3 is 0 Å². The van der Waals surface area contributed by atoms with E-state index in [0.717, 1.165) is 212 Å². The number of rotatable bonds is 16. The molecule has 16 aromatic rings. The number of nitrogens with one attached hydrogen (secondary N) is 4. The van der Waals surface area contributed by atoms with Crippen molar-refractivity contribution in [3.63, 3.8) is 0 Å². The molecule has 4 N–H and O–H groups in total. The molecule has 6 aromatic heterocycles. The minimum Gasteiger partial charge on any atom is -0.489 e. The van der Waals surface area contributed by atoms with E-state index in [-0.39, 0.29) is 0 Å². The van der Waals surface area contributed by atoms with E-state index < -0.39 is 0 Å². The number of hydrogen-bond acceptors (Lipinski definition) is 6. The van der Waals surface area contributed by atoms with E-state index in [4.69, 9.17) is 29.4 Å². The number of nitrogens with zero attached hydrogens (tertiary/aromatic N) is 4. The van der Waals surface area contributed by atoms with E-state index in [0.29, 0.717) is 13.2 Å². The normalized spacial score (nSPS) is 12.1. The molecule has 10 heterocycles. The zero-order chi connectivity index (χ0) is 75.7. The summed E-state index contributed by atoms with van der Waals surface area (Å²) in [7, 11) is 0. The average molecular weight is 1470 g/mol. The van der Waals surface area contributed by atoms with Gasteiger partial charge in [-0.25, -0.2) is 19.9 Å². The number of hydrogen-bond donors (Lipinski definition) is 4. The molecule has 10 nitrogen and oxygen atoms in total. The highest BCUT2D eigenvalue weighted by atomic mass is 16.5. The average Bonchev–Trinajstić information content (AvgIpc) is 1.62. The van der Waals surface area contributed by atoms with Gasteiger partial charge < -0.3 is 29.4 Å². The Kier molecular flexibility index (Phi) is 17.9. The van der Waals surface area contributed by atoms with Crippen LogP contribution in [0.2, 0.25) is 0 Å². The highest BCUT2D eigenvalue weighted by Crippen LogP contribution is 2.43. The Bertz CT molecular complexity index is 6390. The van der Waals surface area contributed by atoms with Crippen molar-refractivity contribution in [2.75, 3.05) is 0 Å². The second kappa shape index (κ2) is 30.0. The Morgan fingerprint density at radius 3 is 0.570 bits per heavy atom. The molecule has 0 fully saturated rings. The fourth-order valence-corrected chi connectivity index (χ4v) is 15.9. The number of benzene rings is 10. The third kappa shape index (κ3) is 13.6. The third-order valence-electron chi connectivity index (χ3n) is 21.4. The summed E-state index contributed by atoms with van der Waals surface area (Å²) in [5.41, 5.74) is 35.1. The zero-order valence-electron chi connectivity index (χ0n) is 62.0. The molecule has 16 bridgehead atoms. The van der Waals surface area contributed by atoms with E-state index in [1.165, 1.54) is 0 Å². The van der Waals surface area contributed by atoms with Crippen molar-refractivity contribution in [2.24, 2.45) is 0 Å². The van der Waals surface area contributed by atoms with Gasteiger partial charge in [-0.2, -0.15) is 0 Å². The largest absolute Gasteiger partial charge is 0.489 e. The SMILES string of the molecule is C1=Cc2nc1c(-c1ccccc1)c1ccc([nH]1)c(-c1ccccc1)c1nc(c(-c3ccc(OCc4ccc(/C=C/c5ccc(COc6ccc(-c7c8nc(c(-c9ccccc9)c9ccc([nH]9)c(-c9ccccc9)c9nc(c(-c%10ccccc%10)c%10ccc7[nH]%10)C=C9)C=C8)cc6)cc5)cc4)cc3)c3ccc([nH]3)c2-c2ccccc2)C=C1. The van der Waals surface area contributed by atoms with Crippen LogP contribution in [-0.4, -0.2) is 39.9 Å². The molecule has 0 saturated carbocycles. The Morgan fingerprint density at radius 2 is 0.377 bits per heavy atom. The van der Waals surface area contributed by atoms with E-state index in [1.54, 1.807) is 0 Å². The van der Waals surface area contributed by atoms with E-state index in [2.05, 4.69) is 408 Å². The van der Waals surface area contributed by atoms with Crippen LogP contribution in [-0.2, 0) is 13.2 Å². The lowest BCUT2D eigenvalue weighted by Crippen LogP contribution is -1.95. The number of fused-ring (bicyclic) bond motifs is 16. The highest BCUT2D eigenvalue weighted by molar-refractivity contribution is 6.03. The summed E-state index contributed by atoms with van der Waals surface area (Å²) in [6.45, 7) is 0.819. The third-order valence-corrected chi connectivity index (χ3v) is 21.4. The molecule has 0 atom stereocenters. The lowest BCUT2D eigenvalue weighted by molar-refractivity contribution is 0.306. The van der Waals surface area contributed by atoms with Crippen molar-refractivity contribution >= 4 is 105 Å². The highest BCUT2D eigenvalue weighted by Gasteiger charge is 2.23. The Balaban J connectivity index is 0.544. The smallest absolute Gasteiger partial charge is 0.119 e. The van der Waals surface area contributed by atoms with Crippen molar-refractivity contribution in [1.82, 2.24) is 39.9 Å². The van der Waals surface area contributed by atoms with Gasteiger partial charge in [0, 0.05) is 88.6 Å². The Labute approximate surface area is 659 Å². The first-order valence-electron chi connectivity index (χ1n) is 38.4. The van der Waals surface area contributed by atoms with Crippen LogP contribution in [0.1, 0.15) is 67.8 Å². The fraction of sp³-hybridized carbons (Fsp3) is 0.0192. The quantitative estimate of drug-likeness (QED) is 0.0712. The van der Waals surface area contributed by atoms with Crippen LogP contribution < -0.4 is 9.47 Å². The first-order valence-corrected chi connectivity index (χ1v) is 38.4. The van der Waals surface area contributed by atoms with E-state index in [9.17, 15) is 0 Å². The minimum absolute atomic E-state index is 0.410. The van der Waals surface area contributed by atoms with Crippen LogP contribution in [0.3, 0.4) is 0 Å². The lowest BCUT2D eigenvalue weighted by atomic mass is 10.0. The van der Waals surface area contributed by atoms with Crippen molar-refractivity contribution < 1.29 is 9.47 Å². The summed E-state index contributed by atoms with van der Waals surface area (Å²) in [6.07, 6.45) is 21.4. The Morgan fingerprint density at radius 1 is 0.193 bits per heavy atom. The van der Waals surface area contributed by atoms with Gasteiger partial charge in [0.15, 0.2) is 0 Å². The number of ether oxygens (including phenoxy) is 2. The number of aromatic amines is 4. The summed E-state index contributed by atoms with van der Waals surface area (Å²) in [6, 6.07) is 114. The lowest BCUT2D eigenvalue weighted by Gasteiger charge is -2.09. The van der Waals surface area contributed by atoms with Gasteiger partial charge in [0.25, 0.3) is 0 Å². The predicted molar refractivity (Wildman–Crippen MR) is 472 cm³/mol. The molecule has 0 amide bonds. The molecule has 0 radical (unpaired) electrons. The van der Waals surface area contributed by atoms with Crippen molar-refractivity contribution in [3.8, 4) is 101 Å². The second-order valence-corrected chi connectivity index (χ2v) is 28.6. The van der Waals surface area contributed by atoms with Gasteiger partial charge in [-0.3, -0.25) is 0 Å². The maximum absolute atomic E-state index is 6.50. The summed E-state index contributed by atoms with van der Waals surface area (Å²) < 4.78 is 13.0. The Hall–Kier alpha value is -15.3. The van der Waals surface area contributed by atoms with Crippen LogP contribution >= 0.6 is 0 Å². The molecule has 20 rings (SSSR count). The molecule has 4 aliphatic rings. The first-order chi connectivity index (χ1) is 56.4. The van der Waals surface area contributed by atoms with Crippen LogP contribution in [0.15, 0.2) is 328 Å². The molecule has 0 spiro atoms. The monoisotopic (exact) mass is 1460 g/mol. The van der Waals surface area contributed by atoms with Crippen molar-refractivity contribution in [2.45, 2.75) is 13.2 Å². The van der Waals surface area contributed by atoms with Crippen LogP contribution in [0.25, 0.3) is 194 Å². The molecule has 0 aliphatic carbocycles. The number of aromatic nitrogens is 8.